The molecule has 1 aliphatic carbocycles. The summed E-state index contributed by atoms with van der Waals surface area (Å²) < 4.78 is 5.05. The van der Waals surface area contributed by atoms with Crippen molar-refractivity contribution < 1.29 is 19.4 Å². The summed E-state index contributed by atoms with van der Waals surface area (Å²) in [6.45, 7) is 5.25. The topological polar surface area (TPSA) is 78.9 Å². The van der Waals surface area contributed by atoms with E-state index < -0.39 is 12.1 Å². The fourth-order valence-corrected chi connectivity index (χ4v) is 1.97. The lowest BCUT2D eigenvalue weighted by Crippen LogP contribution is -2.45. The molecule has 20 heavy (non-hydrogen) atoms. The number of methoxy groups -OCH3 is 1. The molecule has 2 amide bonds. The number of nitrogens with one attached hydrogen (secondary N) is 1. The van der Waals surface area contributed by atoms with Crippen molar-refractivity contribution in [2.24, 2.45) is 5.92 Å². The molecule has 0 aromatic heterocycles. The highest BCUT2D eigenvalue weighted by Gasteiger charge is 2.32. The van der Waals surface area contributed by atoms with Gasteiger partial charge in [-0.05, 0) is 25.2 Å². The molecule has 0 spiro atoms. The van der Waals surface area contributed by atoms with Crippen LogP contribution in [0.1, 0.15) is 39.5 Å². The predicted octanol–water partition coefficient (Wildman–Crippen LogP) is 1.70. The molecule has 0 bridgehead atoms. The number of aliphatic carboxylic acids is 1. The summed E-state index contributed by atoms with van der Waals surface area (Å²) in [4.78, 5) is 24.7. The van der Waals surface area contributed by atoms with Gasteiger partial charge in [-0.2, -0.15) is 0 Å². The Morgan fingerprint density at radius 2 is 2.05 bits per heavy atom. The number of carbonyl (C=O) groups is 2. The summed E-state index contributed by atoms with van der Waals surface area (Å²) in [5.41, 5.74) is 0. The van der Waals surface area contributed by atoms with Gasteiger partial charge in [0.05, 0.1) is 12.5 Å². The summed E-state index contributed by atoms with van der Waals surface area (Å²) in [5.74, 6) is -0.368. The largest absolute Gasteiger partial charge is 0.481 e. The number of hydrogen-bond donors (Lipinski definition) is 2. The third-order valence-corrected chi connectivity index (χ3v) is 3.41. The first kappa shape index (κ1) is 16.8. The summed E-state index contributed by atoms with van der Waals surface area (Å²) in [5, 5.41) is 11.5. The van der Waals surface area contributed by atoms with Crippen LogP contribution in [0.15, 0.2) is 0 Å². The number of carbonyl (C=O) groups excluding carboxylic acids is 1. The van der Waals surface area contributed by atoms with Crippen LogP contribution in [-0.4, -0.2) is 54.4 Å². The van der Waals surface area contributed by atoms with Gasteiger partial charge in [-0.1, -0.05) is 13.8 Å². The maximum Gasteiger partial charge on any atom is 0.317 e. The number of carboxylic acids is 1. The van der Waals surface area contributed by atoms with Crippen molar-refractivity contribution in [3.63, 3.8) is 0 Å². The van der Waals surface area contributed by atoms with E-state index in [4.69, 9.17) is 9.84 Å². The fraction of sp³-hybridized carbons (Fsp3) is 0.857. The van der Waals surface area contributed by atoms with Crippen LogP contribution in [0.5, 0.6) is 0 Å². The van der Waals surface area contributed by atoms with Crippen molar-refractivity contribution in [1.82, 2.24) is 10.2 Å². The quantitative estimate of drug-likeness (QED) is 0.676. The second kappa shape index (κ2) is 8.09. The number of rotatable bonds is 9. The van der Waals surface area contributed by atoms with Crippen LogP contribution in [0.3, 0.4) is 0 Å². The predicted molar refractivity (Wildman–Crippen MR) is 75.6 cm³/mol. The zero-order chi connectivity index (χ0) is 15.1. The minimum atomic E-state index is -0.926. The fourth-order valence-electron chi connectivity index (χ4n) is 1.97. The molecule has 1 aliphatic rings. The second-order valence-electron chi connectivity index (χ2n) is 5.75. The number of urea groups is 1. The van der Waals surface area contributed by atoms with Gasteiger partial charge < -0.3 is 20.1 Å². The molecule has 6 nitrogen and oxygen atoms in total. The van der Waals surface area contributed by atoms with Crippen molar-refractivity contribution in [3.8, 4) is 0 Å². The monoisotopic (exact) mass is 286 g/mol. The zero-order valence-electron chi connectivity index (χ0n) is 12.6. The Hall–Kier alpha value is -1.30. The molecule has 1 rings (SSSR count). The Balaban J connectivity index is 2.39. The second-order valence-corrected chi connectivity index (χ2v) is 5.75. The van der Waals surface area contributed by atoms with Gasteiger partial charge in [-0.25, -0.2) is 4.79 Å². The summed E-state index contributed by atoms with van der Waals surface area (Å²) >= 11 is 0. The van der Waals surface area contributed by atoms with Gasteiger partial charge in [-0.3, -0.25) is 4.79 Å². The van der Waals surface area contributed by atoms with Gasteiger partial charge in [0.2, 0.25) is 0 Å². The normalized spacial score (nSPS) is 16.0. The van der Waals surface area contributed by atoms with E-state index in [1.54, 1.807) is 0 Å². The van der Waals surface area contributed by atoms with Gasteiger partial charge in [0, 0.05) is 26.2 Å². The van der Waals surface area contributed by atoms with E-state index in [1.807, 2.05) is 4.90 Å². The third-order valence-electron chi connectivity index (χ3n) is 3.41. The lowest BCUT2D eigenvalue weighted by Gasteiger charge is -2.25. The van der Waals surface area contributed by atoms with Gasteiger partial charge in [-0.15, -0.1) is 0 Å². The van der Waals surface area contributed by atoms with E-state index in [2.05, 4.69) is 19.2 Å². The SMILES string of the molecule is COC(CNC(=O)N(CCC(C)C)C1CC1)CC(=O)O. The Morgan fingerprint density at radius 3 is 2.50 bits per heavy atom. The van der Waals surface area contributed by atoms with Crippen LogP contribution in [0, 0.1) is 5.92 Å². The number of nitrogens with zero attached hydrogens (tertiary/aromatic N) is 1. The summed E-state index contributed by atoms with van der Waals surface area (Å²) in [6, 6.07) is 0.245. The number of ether oxygens (including phenoxy) is 1. The van der Waals surface area contributed by atoms with Gasteiger partial charge in [0.1, 0.15) is 0 Å². The van der Waals surface area contributed by atoms with E-state index in [0.29, 0.717) is 12.0 Å². The molecular weight excluding hydrogens is 260 g/mol. The van der Waals surface area contributed by atoms with Gasteiger partial charge in [0.15, 0.2) is 0 Å². The molecule has 0 saturated heterocycles. The molecule has 1 saturated carbocycles. The van der Waals surface area contributed by atoms with Crippen molar-refractivity contribution in [1.29, 1.82) is 0 Å². The number of carboxylic acid groups (broad SMARTS) is 1. The molecule has 0 aliphatic heterocycles. The first-order chi connectivity index (χ1) is 9.43. The van der Waals surface area contributed by atoms with Crippen LogP contribution in [0.25, 0.3) is 0 Å². The van der Waals surface area contributed by atoms with Gasteiger partial charge >= 0.3 is 12.0 Å². The maximum atomic E-state index is 12.2. The van der Waals surface area contributed by atoms with Crippen LogP contribution in [0.4, 0.5) is 4.79 Å². The van der Waals surface area contributed by atoms with E-state index in [9.17, 15) is 9.59 Å². The minimum absolute atomic E-state index is 0.105. The highest BCUT2D eigenvalue weighted by molar-refractivity contribution is 5.75. The van der Waals surface area contributed by atoms with Gasteiger partial charge in [0.25, 0.3) is 0 Å². The van der Waals surface area contributed by atoms with Crippen molar-refractivity contribution in [2.45, 2.75) is 51.7 Å². The molecule has 0 radical (unpaired) electrons. The first-order valence-corrected chi connectivity index (χ1v) is 7.23. The van der Waals surface area contributed by atoms with E-state index in [-0.39, 0.29) is 19.0 Å². The molecule has 6 heteroatoms. The lowest BCUT2D eigenvalue weighted by atomic mass is 10.1. The highest BCUT2D eigenvalue weighted by atomic mass is 16.5. The summed E-state index contributed by atoms with van der Waals surface area (Å²) in [6.07, 6.45) is 2.52. The Morgan fingerprint density at radius 1 is 1.40 bits per heavy atom. The Bertz CT molecular complexity index is 329. The maximum absolute atomic E-state index is 12.2. The molecule has 0 heterocycles. The molecule has 1 atom stereocenters. The van der Waals surface area contributed by atoms with Crippen molar-refractivity contribution in [3.05, 3.63) is 0 Å². The number of amides is 2. The average Bonchev–Trinajstić information content (AvgIpc) is 3.18. The molecule has 0 aromatic carbocycles. The van der Waals surface area contributed by atoms with Crippen molar-refractivity contribution >= 4 is 12.0 Å². The van der Waals surface area contributed by atoms with Crippen LogP contribution in [-0.2, 0) is 9.53 Å². The van der Waals surface area contributed by atoms with Crippen molar-refractivity contribution in [2.75, 3.05) is 20.2 Å². The third kappa shape index (κ3) is 6.23. The van der Waals surface area contributed by atoms with E-state index in [1.165, 1.54) is 7.11 Å². The van der Waals surface area contributed by atoms with E-state index >= 15 is 0 Å². The zero-order valence-corrected chi connectivity index (χ0v) is 12.6. The molecule has 1 unspecified atom stereocenters. The first-order valence-electron chi connectivity index (χ1n) is 7.23. The highest BCUT2D eigenvalue weighted by Crippen LogP contribution is 2.27. The summed E-state index contributed by atoms with van der Waals surface area (Å²) in [7, 11) is 1.46. The molecule has 0 aromatic rings. The lowest BCUT2D eigenvalue weighted by molar-refractivity contribution is -0.139. The number of hydrogen-bond acceptors (Lipinski definition) is 3. The van der Waals surface area contributed by atoms with Crippen LogP contribution in [0.2, 0.25) is 0 Å². The molecule has 116 valence electrons. The van der Waals surface area contributed by atoms with Crippen LogP contribution < -0.4 is 5.32 Å². The Kier molecular flexibility index (Phi) is 6.78. The van der Waals surface area contributed by atoms with Crippen LogP contribution >= 0.6 is 0 Å². The molecular formula is C14H26N2O4. The molecule has 1 fully saturated rings. The Labute approximate surface area is 120 Å². The standard InChI is InChI=1S/C14H26N2O4/c1-10(2)6-7-16(11-4-5-11)14(19)15-9-12(20-3)8-13(17)18/h10-12H,4-9H2,1-3H3,(H,15,19)(H,17,18). The minimum Gasteiger partial charge on any atom is -0.481 e. The van der Waals surface area contributed by atoms with E-state index in [0.717, 1.165) is 25.8 Å². The average molecular weight is 286 g/mol. The smallest absolute Gasteiger partial charge is 0.317 e. The molecule has 2 N–H and O–H groups in total.